The molecule has 0 unspecified atom stereocenters. The van der Waals surface area contributed by atoms with Gasteiger partial charge >= 0.3 is 24.3 Å². The molecule has 6 heteroatoms. The fourth-order valence-electron chi connectivity index (χ4n) is 1.42. The molecule has 0 bridgehead atoms. The van der Waals surface area contributed by atoms with E-state index in [4.69, 9.17) is 7.71 Å². The van der Waals surface area contributed by atoms with Crippen LogP contribution in [0.1, 0.15) is 25.8 Å². The van der Waals surface area contributed by atoms with Crippen molar-refractivity contribution >= 4 is 6.21 Å². The van der Waals surface area contributed by atoms with Crippen LogP contribution >= 0.6 is 0 Å². The molecule has 1 rings (SSSR count). The fraction of sp³-hybridized carbons (Fsp3) is 0.462. The SMILES string of the molecule is CC[C@H](C)[C@@H](CO)N=Cc1ccccc1O.[O]=[V][OH]. The number of para-hydroxylation sites is 1. The molecule has 0 heterocycles. The second-order valence-electron chi connectivity index (χ2n) is 4.05. The van der Waals surface area contributed by atoms with Gasteiger partial charge in [0.2, 0.25) is 0 Å². The standard InChI is InChI=1S/C13H19NO2.H2O.O.V/c1-3-10(2)12(9-15)14-8-11-6-4-5-7-13(11)16;;;/h4-8,10,12,15-16H,3,9H2,1-2H3;1H2;;/q;;;+1/p-1/t10-,12+;;;/m0.../s1. The van der Waals surface area contributed by atoms with Crippen molar-refractivity contribution in [1.29, 1.82) is 0 Å². The Morgan fingerprint density at radius 3 is 2.47 bits per heavy atom. The number of hydrogen-bond acceptors (Lipinski definition) is 4. The van der Waals surface area contributed by atoms with Crippen molar-refractivity contribution in [3.05, 3.63) is 29.8 Å². The van der Waals surface area contributed by atoms with Gasteiger partial charge in [0.05, 0.1) is 12.6 Å². The molecule has 0 saturated carbocycles. The normalized spacial score (nSPS) is 13.5. The summed E-state index contributed by atoms with van der Waals surface area (Å²) in [6, 6.07) is 6.94. The number of aliphatic hydroxyl groups excluding tert-OH is 1. The van der Waals surface area contributed by atoms with Crippen LogP contribution in [0.5, 0.6) is 5.75 Å². The topological polar surface area (TPSA) is 90.1 Å². The number of nitrogens with zero attached hydrogens (tertiary/aromatic N) is 1. The van der Waals surface area contributed by atoms with E-state index in [-0.39, 0.29) is 18.4 Å². The summed E-state index contributed by atoms with van der Waals surface area (Å²) in [6.07, 6.45) is 2.60. The van der Waals surface area contributed by atoms with Gasteiger partial charge in [-0.3, -0.25) is 4.99 Å². The number of aliphatic hydroxyl groups is 1. The third-order valence-electron chi connectivity index (χ3n) is 2.83. The third-order valence-corrected chi connectivity index (χ3v) is 2.83. The summed E-state index contributed by atoms with van der Waals surface area (Å²) in [5.74, 6) is 0.555. The van der Waals surface area contributed by atoms with Crippen LogP contribution in [-0.2, 0) is 20.3 Å². The Hall–Kier alpha value is -1.01. The second-order valence-corrected chi connectivity index (χ2v) is 4.31. The van der Waals surface area contributed by atoms with Gasteiger partial charge in [0, 0.05) is 11.8 Å². The van der Waals surface area contributed by atoms with Gasteiger partial charge in [0.25, 0.3) is 0 Å². The molecule has 2 atom stereocenters. The molecule has 5 nitrogen and oxygen atoms in total. The molecule has 0 amide bonds. The summed E-state index contributed by atoms with van der Waals surface area (Å²) in [5.41, 5.74) is 0.684. The molecule has 3 N–H and O–H groups in total. The number of phenols is 1. The summed E-state index contributed by atoms with van der Waals surface area (Å²) in [7, 11) is 0. The van der Waals surface area contributed by atoms with Crippen LogP contribution in [0.25, 0.3) is 0 Å². The number of benzene rings is 1. The van der Waals surface area contributed by atoms with E-state index in [2.05, 4.69) is 18.8 Å². The van der Waals surface area contributed by atoms with Crippen LogP contribution in [0, 0.1) is 5.92 Å². The first-order valence-electron chi connectivity index (χ1n) is 5.99. The van der Waals surface area contributed by atoms with Crippen LogP contribution in [0.15, 0.2) is 29.3 Å². The van der Waals surface area contributed by atoms with Gasteiger partial charge in [-0.15, -0.1) is 0 Å². The Balaban J connectivity index is 0.000000982. The number of hydrogen-bond donors (Lipinski definition) is 3. The van der Waals surface area contributed by atoms with E-state index in [1.165, 1.54) is 0 Å². The van der Waals surface area contributed by atoms with E-state index in [0.29, 0.717) is 11.5 Å². The molecule has 0 radical (unpaired) electrons. The molecule has 0 aliphatic carbocycles. The Kier molecular flexibility index (Phi) is 10.3. The van der Waals surface area contributed by atoms with Gasteiger partial charge in [0.1, 0.15) is 5.75 Å². The fourth-order valence-corrected chi connectivity index (χ4v) is 1.42. The predicted octanol–water partition coefficient (Wildman–Crippen LogP) is 1.54. The minimum absolute atomic E-state index is 0.0408. The molecule has 106 valence electrons. The maximum atomic E-state index is 9.54. The summed E-state index contributed by atoms with van der Waals surface area (Å²) in [6.45, 7) is 4.17. The van der Waals surface area contributed by atoms with Crippen molar-refractivity contribution < 1.29 is 34.5 Å². The molecule has 0 fully saturated rings. The van der Waals surface area contributed by atoms with Crippen molar-refractivity contribution in [2.75, 3.05) is 6.61 Å². The molecule has 1 aromatic carbocycles. The van der Waals surface area contributed by atoms with Crippen LogP contribution < -0.4 is 0 Å². The van der Waals surface area contributed by atoms with Gasteiger partial charge in [-0.05, 0) is 18.1 Å². The zero-order chi connectivity index (χ0) is 14.7. The van der Waals surface area contributed by atoms with E-state index in [1.807, 2.05) is 6.07 Å². The molecule has 0 spiro atoms. The average molecular weight is 305 g/mol. The van der Waals surface area contributed by atoms with E-state index >= 15 is 0 Å². The quantitative estimate of drug-likeness (QED) is 0.720. The van der Waals surface area contributed by atoms with E-state index < -0.39 is 16.6 Å². The molecule has 1 aromatic rings. The first-order chi connectivity index (χ1) is 9.10. The number of aromatic hydroxyl groups is 1. The van der Waals surface area contributed by atoms with Crippen LogP contribution in [-0.4, -0.2) is 33.1 Å². The molecule has 19 heavy (non-hydrogen) atoms. The van der Waals surface area contributed by atoms with Crippen molar-refractivity contribution in [3.63, 3.8) is 0 Å². The number of aliphatic imine (C=N–C) groups is 1. The van der Waals surface area contributed by atoms with Gasteiger partial charge < -0.3 is 10.2 Å². The predicted molar refractivity (Wildman–Crippen MR) is 68.9 cm³/mol. The van der Waals surface area contributed by atoms with Gasteiger partial charge in [-0.2, -0.15) is 0 Å². The third kappa shape index (κ3) is 7.23. The molecule has 0 aromatic heterocycles. The summed E-state index contributed by atoms with van der Waals surface area (Å²) < 4.78 is 15.7. The van der Waals surface area contributed by atoms with Gasteiger partial charge in [0.15, 0.2) is 0 Å². The molecular weight excluding hydrogens is 285 g/mol. The maximum absolute atomic E-state index is 9.54. The Bertz CT molecular complexity index is 398. The van der Waals surface area contributed by atoms with Crippen molar-refractivity contribution in [3.8, 4) is 5.75 Å². The zero-order valence-electron chi connectivity index (χ0n) is 11.1. The van der Waals surface area contributed by atoms with Crippen LogP contribution in [0.4, 0.5) is 0 Å². The van der Waals surface area contributed by atoms with Crippen molar-refractivity contribution in [2.24, 2.45) is 10.9 Å². The van der Waals surface area contributed by atoms with Crippen molar-refractivity contribution in [2.45, 2.75) is 26.3 Å². The average Bonchev–Trinajstić information content (AvgIpc) is 2.42. The zero-order valence-corrected chi connectivity index (χ0v) is 12.5. The Morgan fingerprint density at radius 2 is 2.00 bits per heavy atom. The molecule has 0 aliphatic rings. The van der Waals surface area contributed by atoms with E-state index in [1.54, 1.807) is 24.4 Å². The van der Waals surface area contributed by atoms with Gasteiger partial charge in [-0.25, -0.2) is 0 Å². The second kappa shape index (κ2) is 10.9. The summed E-state index contributed by atoms with van der Waals surface area (Å²) in [5, 5.41) is 18.7. The number of rotatable bonds is 5. The van der Waals surface area contributed by atoms with E-state index in [0.717, 1.165) is 6.42 Å². The first-order valence-corrected chi connectivity index (χ1v) is 7.18. The summed E-state index contributed by atoms with van der Waals surface area (Å²) >= 11 is -1.56. The Labute approximate surface area is 120 Å². The molecular formula is C13H20NO4V. The van der Waals surface area contributed by atoms with E-state index in [9.17, 15) is 10.2 Å². The minimum atomic E-state index is -1.56. The first kappa shape index (κ1) is 18.0. The Morgan fingerprint density at radius 1 is 1.42 bits per heavy atom. The molecule has 0 aliphatic heterocycles. The summed E-state index contributed by atoms with van der Waals surface area (Å²) in [4.78, 5) is 4.31. The monoisotopic (exact) mass is 305 g/mol. The van der Waals surface area contributed by atoms with Crippen molar-refractivity contribution in [1.82, 2.24) is 0 Å². The van der Waals surface area contributed by atoms with Gasteiger partial charge in [-0.1, -0.05) is 32.4 Å². The molecule has 0 saturated heterocycles. The number of phenolic OH excluding ortho intramolecular Hbond substituents is 1. The van der Waals surface area contributed by atoms with Crippen LogP contribution in [0.3, 0.4) is 0 Å². The van der Waals surface area contributed by atoms with Crippen LogP contribution in [0.2, 0.25) is 0 Å².